The number of carbonyl (C=O) groups is 1. The maximum atomic E-state index is 12.6. The second-order valence-corrected chi connectivity index (χ2v) is 6.40. The molecule has 2 aromatic rings. The maximum Gasteiger partial charge on any atom is 0.256 e. The molecule has 1 heterocycles. The highest BCUT2D eigenvalue weighted by Crippen LogP contribution is 2.26. The molecule has 0 fully saturated rings. The topological polar surface area (TPSA) is 67.2 Å². The van der Waals surface area contributed by atoms with Crippen LogP contribution >= 0.6 is 11.6 Å². The van der Waals surface area contributed by atoms with Gasteiger partial charge in [-0.3, -0.25) is 4.79 Å². The Morgan fingerprint density at radius 1 is 1.29 bits per heavy atom. The van der Waals surface area contributed by atoms with Gasteiger partial charge in [-0.25, -0.2) is 4.68 Å². The average molecular weight is 350 g/mol. The zero-order valence-electron chi connectivity index (χ0n) is 14.3. The molecule has 2 rings (SSSR count). The first kappa shape index (κ1) is 18.5. The van der Waals surface area contributed by atoms with Crippen LogP contribution in [-0.2, 0) is 0 Å². The minimum atomic E-state index is -0.300. The molecule has 0 bridgehead atoms. The molecular weight excluding hydrogens is 326 g/mol. The van der Waals surface area contributed by atoms with Crippen molar-refractivity contribution < 1.29 is 9.90 Å². The van der Waals surface area contributed by atoms with Gasteiger partial charge in [0, 0.05) is 12.0 Å². The van der Waals surface area contributed by atoms with Crippen molar-refractivity contribution in [2.45, 2.75) is 33.6 Å². The van der Waals surface area contributed by atoms with Gasteiger partial charge in [-0.2, -0.15) is 5.10 Å². The van der Waals surface area contributed by atoms with E-state index in [0.717, 1.165) is 18.5 Å². The zero-order valence-corrected chi connectivity index (χ0v) is 15.1. The molecule has 0 unspecified atom stereocenters. The normalized spacial score (nSPS) is 11.5. The Balaban J connectivity index is 2.23. The van der Waals surface area contributed by atoms with E-state index in [4.69, 9.17) is 11.6 Å². The summed E-state index contributed by atoms with van der Waals surface area (Å²) >= 11 is 6.40. The molecule has 1 aromatic heterocycles. The summed E-state index contributed by atoms with van der Waals surface area (Å²) in [6, 6.07) is 9.45. The third-order valence-corrected chi connectivity index (χ3v) is 5.04. The lowest BCUT2D eigenvalue weighted by atomic mass is 9.83. The van der Waals surface area contributed by atoms with Crippen LogP contribution in [0.1, 0.15) is 42.7 Å². The van der Waals surface area contributed by atoms with Crippen LogP contribution in [0.25, 0.3) is 5.69 Å². The number of para-hydroxylation sites is 1. The quantitative estimate of drug-likeness (QED) is 0.805. The monoisotopic (exact) mass is 349 g/mol. The molecule has 0 aliphatic carbocycles. The lowest BCUT2D eigenvalue weighted by Crippen LogP contribution is -2.39. The zero-order chi connectivity index (χ0) is 17.7. The Labute approximate surface area is 147 Å². The van der Waals surface area contributed by atoms with Crippen molar-refractivity contribution in [3.8, 4) is 5.69 Å². The van der Waals surface area contributed by atoms with Gasteiger partial charge in [0.05, 0.1) is 23.6 Å². The second-order valence-electron chi connectivity index (χ2n) is 6.05. The minimum absolute atomic E-state index is 0.0380. The van der Waals surface area contributed by atoms with Crippen LogP contribution in [-0.4, -0.2) is 33.9 Å². The van der Waals surface area contributed by atoms with Gasteiger partial charge in [0.2, 0.25) is 0 Å². The molecule has 1 aromatic carbocycles. The number of halogens is 1. The Morgan fingerprint density at radius 3 is 2.46 bits per heavy atom. The van der Waals surface area contributed by atoms with Gasteiger partial charge < -0.3 is 10.4 Å². The van der Waals surface area contributed by atoms with Crippen LogP contribution in [0.4, 0.5) is 0 Å². The fourth-order valence-corrected chi connectivity index (χ4v) is 2.99. The van der Waals surface area contributed by atoms with Gasteiger partial charge in [-0.1, -0.05) is 43.6 Å². The fourth-order valence-electron chi connectivity index (χ4n) is 2.63. The summed E-state index contributed by atoms with van der Waals surface area (Å²) in [6.07, 6.45) is 1.58. The van der Waals surface area contributed by atoms with E-state index in [1.54, 1.807) is 11.6 Å². The van der Waals surface area contributed by atoms with Crippen LogP contribution in [0, 0.1) is 12.3 Å². The van der Waals surface area contributed by atoms with Gasteiger partial charge in [-0.05, 0) is 31.9 Å². The third-order valence-electron chi connectivity index (χ3n) is 4.69. The van der Waals surface area contributed by atoms with Gasteiger partial charge in [0.15, 0.2) is 0 Å². The van der Waals surface area contributed by atoms with Gasteiger partial charge in [0.1, 0.15) is 5.15 Å². The summed E-state index contributed by atoms with van der Waals surface area (Å²) < 4.78 is 1.56. The predicted octanol–water partition coefficient (Wildman–Crippen LogP) is 3.36. The van der Waals surface area contributed by atoms with E-state index in [0.29, 0.717) is 23.0 Å². The second kappa shape index (κ2) is 7.81. The molecule has 2 N–H and O–H groups in total. The standard InChI is InChI=1S/C18H24ClN3O2/c1-4-18(5-2,12-23)11-20-17(24)15-13(3)21-22(16(15)19)14-9-7-6-8-10-14/h6-10,23H,4-5,11-12H2,1-3H3,(H,20,24). The van der Waals surface area contributed by atoms with Crippen molar-refractivity contribution in [3.05, 3.63) is 46.7 Å². The Morgan fingerprint density at radius 2 is 1.92 bits per heavy atom. The number of carbonyl (C=O) groups excluding carboxylic acids is 1. The maximum absolute atomic E-state index is 12.6. The van der Waals surface area contributed by atoms with E-state index < -0.39 is 0 Å². The number of benzene rings is 1. The van der Waals surface area contributed by atoms with E-state index in [9.17, 15) is 9.90 Å². The van der Waals surface area contributed by atoms with Crippen molar-refractivity contribution >= 4 is 17.5 Å². The SMILES string of the molecule is CCC(CC)(CO)CNC(=O)c1c(C)nn(-c2ccccc2)c1Cl. The fraction of sp³-hybridized carbons (Fsp3) is 0.444. The van der Waals surface area contributed by atoms with Crippen molar-refractivity contribution in [2.75, 3.05) is 13.2 Å². The van der Waals surface area contributed by atoms with Crippen molar-refractivity contribution in [1.82, 2.24) is 15.1 Å². The molecule has 5 nitrogen and oxygen atoms in total. The number of aromatic nitrogens is 2. The summed E-state index contributed by atoms with van der Waals surface area (Å²) in [4.78, 5) is 12.6. The molecule has 130 valence electrons. The highest BCUT2D eigenvalue weighted by molar-refractivity contribution is 6.33. The number of nitrogens with one attached hydrogen (secondary N) is 1. The van der Waals surface area contributed by atoms with Gasteiger partial charge in [-0.15, -0.1) is 0 Å². The number of amides is 1. The number of hydrogen-bond acceptors (Lipinski definition) is 3. The van der Waals surface area contributed by atoms with Crippen LogP contribution in [0.3, 0.4) is 0 Å². The van der Waals surface area contributed by atoms with E-state index in [1.165, 1.54) is 0 Å². The molecule has 0 radical (unpaired) electrons. The first-order chi connectivity index (χ1) is 11.5. The van der Waals surface area contributed by atoms with E-state index >= 15 is 0 Å². The summed E-state index contributed by atoms with van der Waals surface area (Å²) in [5.74, 6) is -0.264. The summed E-state index contributed by atoms with van der Waals surface area (Å²) in [7, 11) is 0. The van der Waals surface area contributed by atoms with Crippen LogP contribution in [0.15, 0.2) is 30.3 Å². The Kier molecular flexibility index (Phi) is 6.02. The van der Waals surface area contributed by atoms with E-state index in [1.807, 2.05) is 44.2 Å². The largest absolute Gasteiger partial charge is 0.396 e. The number of nitrogens with zero attached hydrogens (tertiary/aromatic N) is 2. The van der Waals surface area contributed by atoms with Crippen molar-refractivity contribution in [1.29, 1.82) is 0 Å². The number of aliphatic hydroxyl groups excluding tert-OH is 1. The molecule has 0 saturated carbocycles. The van der Waals surface area contributed by atoms with Crippen molar-refractivity contribution in [3.63, 3.8) is 0 Å². The predicted molar refractivity (Wildman–Crippen MR) is 95.7 cm³/mol. The average Bonchev–Trinajstić information content (AvgIpc) is 2.92. The summed E-state index contributed by atoms with van der Waals surface area (Å²) in [6.45, 7) is 6.23. The Bertz CT molecular complexity index is 686. The molecular formula is C18H24ClN3O2. The van der Waals surface area contributed by atoms with Crippen LogP contribution < -0.4 is 5.32 Å². The molecule has 1 amide bonds. The minimum Gasteiger partial charge on any atom is -0.396 e. The molecule has 0 aliphatic rings. The van der Waals surface area contributed by atoms with Crippen LogP contribution in [0.2, 0.25) is 5.15 Å². The molecule has 0 saturated heterocycles. The lowest BCUT2D eigenvalue weighted by Gasteiger charge is -2.29. The molecule has 6 heteroatoms. The number of aryl methyl sites for hydroxylation is 1. The number of hydrogen-bond donors (Lipinski definition) is 2. The molecule has 0 spiro atoms. The van der Waals surface area contributed by atoms with E-state index in [-0.39, 0.29) is 17.9 Å². The summed E-state index contributed by atoms with van der Waals surface area (Å²) in [5.41, 5.74) is 1.45. The van der Waals surface area contributed by atoms with Gasteiger partial charge >= 0.3 is 0 Å². The smallest absolute Gasteiger partial charge is 0.256 e. The molecule has 0 aliphatic heterocycles. The molecule has 0 atom stereocenters. The third kappa shape index (κ3) is 3.62. The lowest BCUT2D eigenvalue weighted by molar-refractivity contribution is 0.0850. The van der Waals surface area contributed by atoms with E-state index in [2.05, 4.69) is 10.4 Å². The first-order valence-corrected chi connectivity index (χ1v) is 8.55. The molecule has 24 heavy (non-hydrogen) atoms. The van der Waals surface area contributed by atoms with Crippen molar-refractivity contribution in [2.24, 2.45) is 5.41 Å². The summed E-state index contributed by atoms with van der Waals surface area (Å²) in [5, 5.41) is 17.2. The number of rotatable bonds is 7. The highest BCUT2D eigenvalue weighted by atomic mass is 35.5. The van der Waals surface area contributed by atoms with Crippen LogP contribution in [0.5, 0.6) is 0 Å². The van der Waals surface area contributed by atoms with Gasteiger partial charge in [0.25, 0.3) is 5.91 Å². The first-order valence-electron chi connectivity index (χ1n) is 8.17. The Hall–Kier alpha value is -1.85. The highest BCUT2D eigenvalue weighted by Gasteiger charge is 2.28. The number of aliphatic hydroxyl groups is 1.